The zero-order chi connectivity index (χ0) is 18.4. The van der Waals surface area contributed by atoms with E-state index in [9.17, 15) is 4.79 Å². The number of carbonyl (C=O) groups is 1. The van der Waals surface area contributed by atoms with E-state index in [0.717, 1.165) is 40.8 Å². The molecule has 0 unspecified atom stereocenters. The Bertz CT molecular complexity index is 771. The quantitative estimate of drug-likeness (QED) is 0.627. The molecule has 136 valence electrons. The lowest BCUT2D eigenvalue weighted by Crippen LogP contribution is -2.36. The van der Waals surface area contributed by atoms with Gasteiger partial charge in [0.1, 0.15) is 0 Å². The molecule has 1 aliphatic heterocycles. The highest BCUT2D eigenvalue weighted by Crippen LogP contribution is 2.21. The van der Waals surface area contributed by atoms with Crippen LogP contribution in [0.5, 0.6) is 0 Å². The van der Waals surface area contributed by atoms with Gasteiger partial charge in [-0.05, 0) is 41.8 Å². The topological polar surface area (TPSA) is 56.7 Å². The first-order chi connectivity index (χ1) is 12.7. The third-order valence-corrected chi connectivity index (χ3v) is 4.63. The highest BCUT2D eigenvalue weighted by molar-refractivity contribution is 6.30. The predicted octanol–water partition coefficient (Wildman–Crippen LogP) is 3.33. The van der Waals surface area contributed by atoms with Crippen LogP contribution in [0.2, 0.25) is 5.02 Å². The highest BCUT2D eigenvalue weighted by atomic mass is 35.5. The maximum Gasteiger partial charge on any atom is 0.227 e. The summed E-state index contributed by atoms with van der Waals surface area (Å²) < 4.78 is 0. The molecule has 1 amide bonds. The zero-order valence-corrected chi connectivity index (χ0v) is 15.6. The minimum Gasteiger partial charge on any atom is -0.352 e. The fourth-order valence-corrected chi connectivity index (χ4v) is 3.04. The largest absolute Gasteiger partial charge is 0.352 e. The Morgan fingerprint density at radius 3 is 2.12 bits per heavy atom. The molecule has 3 rings (SSSR count). The van der Waals surface area contributed by atoms with E-state index in [4.69, 9.17) is 11.6 Å². The molecule has 0 aromatic heterocycles. The van der Waals surface area contributed by atoms with Crippen LogP contribution < -0.4 is 15.5 Å². The zero-order valence-electron chi connectivity index (χ0n) is 14.8. The van der Waals surface area contributed by atoms with E-state index in [-0.39, 0.29) is 5.91 Å². The molecular weight excluding hydrogens is 348 g/mol. The fourth-order valence-electron chi connectivity index (χ4n) is 2.91. The lowest BCUT2D eigenvalue weighted by Gasteiger charge is -2.16. The molecule has 1 saturated heterocycles. The van der Waals surface area contributed by atoms with Crippen LogP contribution in [0.3, 0.4) is 0 Å². The minimum atomic E-state index is 0.211. The predicted molar refractivity (Wildman–Crippen MR) is 107 cm³/mol. The first-order valence-corrected chi connectivity index (χ1v) is 9.12. The van der Waals surface area contributed by atoms with E-state index in [0.29, 0.717) is 19.5 Å². The van der Waals surface area contributed by atoms with E-state index in [1.807, 2.05) is 53.4 Å². The second-order valence-electron chi connectivity index (χ2n) is 6.22. The molecule has 1 heterocycles. The molecule has 2 N–H and O–H groups in total. The second-order valence-corrected chi connectivity index (χ2v) is 6.66. The molecule has 6 heteroatoms. The van der Waals surface area contributed by atoms with Crippen LogP contribution in [0.4, 0.5) is 5.69 Å². The number of carbonyl (C=O) groups excluding carboxylic acids is 1. The molecule has 2 aromatic carbocycles. The maximum absolute atomic E-state index is 11.8. The number of anilines is 1. The van der Waals surface area contributed by atoms with Crippen molar-refractivity contribution in [3.8, 4) is 0 Å². The Kier molecular flexibility index (Phi) is 6.12. The first-order valence-electron chi connectivity index (χ1n) is 8.74. The van der Waals surface area contributed by atoms with Crippen molar-refractivity contribution in [2.24, 2.45) is 4.99 Å². The van der Waals surface area contributed by atoms with Crippen LogP contribution in [0.1, 0.15) is 24.0 Å². The van der Waals surface area contributed by atoms with Gasteiger partial charge in [-0.15, -0.1) is 0 Å². The molecule has 0 aliphatic carbocycles. The summed E-state index contributed by atoms with van der Waals surface area (Å²) in [5.41, 5.74) is 3.24. The molecular formula is C20H23ClN4O. The van der Waals surface area contributed by atoms with Gasteiger partial charge in [-0.25, -0.2) is 0 Å². The van der Waals surface area contributed by atoms with Crippen molar-refractivity contribution in [3.63, 3.8) is 0 Å². The summed E-state index contributed by atoms with van der Waals surface area (Å²) in [5.74, 6) is 0.946. The van der Waals surface area contributed by atoms with Gasteiger partial charge in [0.25, 0.3) is 0 Å². The second kappa shape index (κ2) is 8.72. The molecule has 0 bridgehead atoms. The van der Waals surface area contributed by atoms with Crippen LogP contribution >= 0.6 is 11.6 Å². The number of hydrogen-bond acceptors (Lipinski definition) is 2. The Labute approximate surface area is 159 Å². The van der Waals surface area contributed by atoms with Crippen LogP contribution in [0.25, 0.3) is 0 Å². The van der Waals surface area contributed by atoms with Crippen molar-refractivity contribution in [3.05, 3.63) is 64.7 Å². The van der Waals surface area contributed by atoms with Crippen LogP contribution in [-0.2, 0) is 17.9 Å². The number of nitrogens with zero attached hydrogens (tertiary/aromatic N) is 2. The maximum atomic E-state index is 11.8. The molecule has 2 aromatic rings. The first kappa shape index (κ1) is 18.3. The Hall–Kier alpha value is -2.53. The summed E-state index contributed by atoms with van der Waals surface area (Å²) in [6.07, 6.45) is 1.59. The summed E-state index contributed by atoms with van der Waals surface area (Å²) in [4.78, 5) is 17.9. The van der Waals surface area contributed by atoms with Gasteiger partial charge in [0.15, 0.2) is 5.96 Å². The van der Waals surface area contributed by atoms with E-state index in [2.05, 4.69) is 15.6 Å². The van der Waals surface area contributed by atoms with Gasteiger partial charge in [0, 0.05) is 43.8 Å². The third kappa shape index (κ3) is 4.76. The number of benzene rings is 2. The number of aliphatic imine (C=N–C) groups is 1. The van der Waals surface area contributed by atoms with Gasteiger partial charge >= 0.3 is 0 Å². The van der Waals surface area contributed by atoms with Crippen LogP contribution in [0.15, 0.2) is 53.5 Å². The average Bonchev–Trinajstić information content (AvgIpc) is 3.10. The summed E-state index contributed by atoms with van der Waals surface area (Å²) in [6.45, 7) is 2.15. The molecule has 0 atom stereocenters. The van der Waals surface area contributed by atoms with Crippen molar-refractivity contribution in [1.29, 1.82) is 0 Å². The molecule has 5 nitrogen and oxygen atoms in total. The molecule has 0 spiro atoms. The minimum absolute atomic E-state index is 0.211. The third-order valence-electron chi connectivity index (χ3n) is 4.38. The molecule has 0 saturated carbocycles. The number of guanidine groups is 1. The summed E-state index contributed by atoms with van der Waals surface area (Å²) in [6, 6.07) is 15.8. The van der Waals surface area contributed by atoms with Gasteiger partial charge in [0.2, 0.25) is 5.91 Å². The van der Waals surface area contributed by atoms with E-state index in [1.165, 1.54) is 0 Å². The molecule has 26 heavy (non-hydrogen) atoms. The van der Waals surface area contributed by atoms with Gasteiger partial charge in [0.05, 0.1) is 0 Å². The lowest BCUT2D eigenvalue weighted by molar-refractivity contribution is -0.117. The monoisotopic (exact) mass is 370 g/mol. The van der Waals surface area contributed by atoms with Crippen LogP contribution in [0, 0.1) is 0 Å². The fraction of sp³-hybridized carbons (Fsp3) is 0.300. The SMILES string of the molecule is CN=C(NCc1ccc(Cl)cc1)NCc1ccc(N2CCCC2=O)cc1. The number of nitrogens with one attached hydrogen (secondary N) is 2. The van der Waals surface area contributed by atoms with E-state index in [1.54, 1.807) is 7.05 Å². The van der Waals surface area contributed by atoms with Gasteiger partial charge in [-0.1, -0.05) is 35.9 Å². The Balaban J connectivity index is 1.50. The molecule has 0 radical (unpaired) electrons. The smallest absolute Gasteiger partial charge is 0.227 e. The van der Waals surface area contributed by atoms with Crippen molar-refractivity contribution in [2.75, 3.05) is 18.5 Å². The highest BCUT2D eigenvalue weighted by Gasteiger charge is 2.21. The van der Waals surface area contributed by atoms with Crippen molar-refractivity contribution in [2.45, 2.75) is 25.9 Å². The Morgan fingerprint density at radius 1 is 1.04 bits per heavy atom. The van der Waals surface area contributed by atoms with Crippen LogP contribution in [-0.4, -0.2) is 25.5 Å². The number of rotatable bonds is 5. The lowest BCUT2D eigenvalue weighted by atomic mass is 10.2. The average molecular weight is 371 g/mol. The summed E-state index contributed by atoms with van der Waals surface area (Å²) in [5, 5.41) is 7.31. The number of hydrogen-bond donors (Lipinski definition) is 2. The molecule has 1 aliphatic rings. The number of amides is 1. The van der Waals surface area contributed by atoms with Crippen molar-refractivity contribution >= 4 is 29.2 Å². The van der Waals surface area contributed by atoms with Gasteiger partial charge in [-0.3, -0.25) is 9.79 Å². The van der Waals surface area contributed by atoms with E-state index >= 15 is 0 Å². The van der Waals surface area contributed by atoms with Crippen molar-refractivity contribution < 1.29 is 4.79 Å². The summed E-state index contributed by atoms with van der Waals surface area (Å²) >= 11 is 5.90. The normalized spacial score (nSPS) is 14.6. The summed E-state index contributed by atoms with van der Waals surface area (Å²) in [7, 11) is 1.75. The molecule has 1 fully saturated rings. The van der Waals surface area contributed by atoms with E-state index < -0.39 is 0 Å². The Morgan fingerprint density at radius 2 is 1.62 bits per heavy atom. The van der Waals surface area contributed by atoms with Crippen molar-refractivity contribution in [1.82, 2.24) is 10.6 Å². The van der Waals surface area contributed by atoms with Gasteiger partial charge < -0.3 is 15.5 Å². The number of halogens is 1. The standard InChI is InChI=1S/C20H23ClN4O/c1-22-20(23-13-15-4-8-17(21)9-5-15)24-14-16-6-10-18(11-7-16)25-12-2-3-19(25)26/h4-11H,2-3,12-14H2,1H3,(H2,22,23,24). The van der Waals surface area contributed by atoms with Gasteiger partial charge in [-0.2, -0.15) is 0 Å².